The van der Waals surface area contributed by atoms with Crippen LogP contribution in [0.5, 0.6) is 0 Å². The maximum atomic E-state index is 12.3. The summed E-state index contributed by atoms with van der Waals surface area (Å²) in [6, 6.07) is 2.13. The molecule has 0 saturated carbocycles. The maximum absolute atomic E-state index is 12.3. The van der Waals surface area contributed by atoms with E-state index >= 15 is 0 Å². The van der Waals surface area contributed by atoms with E-state index in [2.05, 4.69) is 16.4 Å². The second-order valence-corrected chi connectivity index (χ2v) is 6.29. The van der Waals surface area contributed by atoms with Gasteiger partial charge in [-0.3, -0.25) is 4.79 Å². The van der Waals surface area contributed by atoms with E-state index in [1.165, 1.54) is 10.4 Å². The number of carbonyl (C=O) groups is 1. The standard InChI is InChI=1S/C13H13NOS2/c15-11(8-13-14-5-7-17-13)9-2-1-3-12-10(9)4-6-16-12/h4-7,9H,1-3,8H2. The van der Waals surface area contributed by atoms with Crippen LogP contribution in [0.2, 0.25) is 0 Å². The van der Waals surface area contributed by atoms with Crippen molar-refractivity contribution in [1.82, 2.24) is 4.98 Å². The molecule has 1 aliphatic rings. The Labute approximate surface area is 108 Å². The van der Waals surface area contributed by atoms with Gasteiger partial charge < -0.3 is 0 Å². The molecular weight excluding hydrogens is 250 g/mol. The number of hydrogen-bond acceptors (Lipinski definition) is 4. The molecule has 0 fully saturated rings. The molecule has 3 rings (SSSR count). The molecule has 0 aliphatic heterocycles. The van der Waals surface area contributed by atoms with E-state index in [-0.39, 0.29) is 5.92 Å². The highest BCUT2D eigenvalue weighted by atomic mass is 32.1. The summed E-state index contributed by atoms with van der Waals surface area (Å²) in [6.45, 7) is 0. The largest absolute Gasteiger partial charge is 0.299 e. The van der Waals surface area contributed by atoms with Gasteiger partial charge in [0.2, 0.25) is 0 Å². The highest BCUT2D eigenvalue weighted by Gasteiger charge is 2.27. The van der Waals surface area contributed by atoms with Gasteiger partial charge in [0.05, 0.1) is 11.4 Å². The van der Waals surface area contributed by atoms with Crippen molar-refractivity contribution in [2.24, 2.45) is 0 Å². The average Bonchev–Trinajstić information content (AvgIpc) is 2.97. The average molecular weight is 263 g/mol. The van der Waals surface area contributed by atoms with E-state index in [0.29, 0.717) is 12.2 Å². The van der Waals surface area contributed by atoms with E-state index in [0.717, 1.165) is 24.3 Å². The highest BCUT2D eigenvalue weighted by molar-refractivity contribution is 7.10. The molecule has 1 unspecified atom stereocenters. The zero-order chi connectivity index (χ0) is 11.7. The van der Waals surface area contributed by atoms with Crippen LogP contribution in [-0.4, -0.2) is 10.8 Å². The molecule has 0 radical (unpaired) electrons. The lowest BCUT2D eigenvalue weighted by Crippen LogP contribution is -2.18. The fourth-order valence-corrected chi connectivity index (χ4v) is 4.05. The Bertz CT molecular complexity index is 515. The number of thiazole rings is 1. The third-order valence-corrected chi connectivity index (χ3v) is 5.03. The van der Waals surface area contributed by atoms with Gasteiger partial charge in [-0.05, 0) is 36.3 Å². The van der Waals surface area contributed by atoms with Crippen LogP contribution in [-0.2, 0) is 17.6 Å². The molecule has 2 aromatic heterocycles. The number of carbonyl (C=O) groups excluding carboxylic acids is 1. The smallest absolute Gasteiger partial charge is 0.147 e. The topological polar surface area (TPSA) is 30.0 Å². The molecule has 0 saturated heterocycles. The van der Waals surface area contributed by atoms with Gasteiger partial charge in [-0.15, -0.1) is 22.7 Å². The lowest BCUT2D eigenvalue weighted by molar-refractivity contribution is -0.120. The summed E-state index contributed by atoms with van der Waals surface area (Å²) in [6.07, 6.45) is 5.56. The SMILES string of the molecule is O=C(Cc1nccs1)C1CCCc2sccc21. The molecule has 0 bridgehead atoms. The van der Waals surface area contributed by atoms with Gasteiger partial charge in [-0.1, -0.05) is 0 Å². The Balaban J connectivity index is 1.80. The fraction of sp³-hybridized carbons (Fsp3) is 0.385. The van der Waals surface area contributed by atoms with E-state index in [1.54, 1.807) is 28.9 Å². The Morgan fingerprint density at radius 1 is 1.41 bits per heavy atom. The summed E-state index contributed by atoms with van der Waals surface area (Å²) in [5.41, 5.74) is 1.28. The number of thiophene rings is 1. The lowest BCUT2D eigenvalue weighted by atomic mass is 9.84. The second kappa shape index (κ2) is 4.70. The minimum Gasteiger partial charge on any atom is -0.299 e. The Morgan fingerprint density at radius 2 is 2.35 bits per heavy atom. The maximum Gasteiger partial charge on any atom is 0.147 e. The van der Waals surface area contributed by atoms with E-state index in [4.69, 9.17) is 0 Å². The van der Waals surface area contributed by atoms with Crippen molar-refractivity contribution < 1.29 is 4.79 Å². The predicted octanol–water partition coefficient (Wildman–Crippen LogP) is 3.44. The second-order valence-electron chi connectivity index (χ2n) is 4.31. The van der Waals surface area contributed by atoms with Crippen LogP contribution in [0.25, 0.3) is 0 Å². The molecule has 1 atom stereocenters. The van der Waals surface area contributed by atoms with E-state index in [9.17, 15) is 4.79 Å². The molecule has 0 amide bonds. The molecule has 17 heavy (non-hydrogen) atoms. The molecule has 2 aromatic rings. The predicted molar refractivity (Wildman–Crippen MR) is 70.8 cm³/mol. The summed E-state index contributed by atoms with van der Waals surface area (Å²) in [4.78, 5) is 17.9. The van der Waals surface area contributed by atoms with Crippen LogP contribution in [0.1, 0.15) is 34.2 Å². The van der Waals surface area contributed by atoms with Crippen molar-refractivity contribution in [3.63, 3.8) is 0 Å². The Hall–Kier alpha value is -1.00. The van der Waals surface area contributed by atoms with Crippen LogP contribution in [0.3, 0.4) is 0 Å². The monoisotopic (exact) mass is 263 g/mol. The van der Waals surface area contributed by atoms with Crippen molar-refractivity contribution in [3.05, 3.63) is 38.5 Å². The van der Waals surface area contributed by atoms with Gasteiger partial charge in [0.1, 0.15) is 5.78 Å². The van der Waals surface area contributed by atoms with Crippen molar-refractivity contribution >= 4 is 28.5 Å². The zero-order valence-corrected chi connectivity index (χ0v) is 11.0. The quantitative estimate of drug-likeness (QED) is 0.849. The van der Waals surface area contributed by atoms with Crippen LogP contribution in [0.4, 0.5) is 0 Å². The van der Waals surface area contributed by atoms with Gasteiger partial charge in [0.25, 0.3) is 0 Å². The third-order valence-electron chi connectivity index (χ3n) is 3.25. The number of aryl methyl sites for hydroxylation is 1. The lowest BCUT2D eigenvalue weighted by Gasteiger charge is -2.20. The molecule has 0 aromatic carbocycles. The molecular formula is C13H13NOS2. The van der Waals surface area contributed by atoms with Crippen LogP contribution in [0.15, 0.2) is 23.0 Å². The zero-order valence-electron chi connectivity index (χ0n) is 9.39. The Morgan fingerprint density at radius 3 is 3.18 bits per heavy atom. The van der Waals surface area contributed by atoms with Crippen molar-refractivity contribution in [1.29, 1.82) is 0 Å². The molecule has 2 heterocycles. The number of nitrogens with zero attached hydrogens (tertiary/aromatic N) is 1. The first-order valence-corrected chi connectivity index (χ1v) is 7.58. The normalized spacial score (nSPS) is 18.9. The summed E-state index contributed by atoms with van der Waals surface area (Å²) < 4.78 is 0. The molecule has 0 spiro atoms. The van der Waals surface area contributed by atoms with Crippen LogP contribution >= 0.6 is 22.7 Å². The first-order chi connectivity index (χ1) is 8.34. The number of fused-ring (bicyclic) bond motifs is 1. The summed E-state index contributed by atoms with van der Waals surface area (Å²) in [5, 5.41) is 4.98. The number of rotatable bonds is 3. The summed E-state index contributed by atoms with van der Waals surface area (Å²) in [5.74, 6) is 0.452. The van der Waals surface area contributed by atoms with Gasteiger partial charge >= 0.3 is 0 Å². The minimum absolute atomic E-state index is 0.119. The number of Topliss-reactive ketones (excluding diaryl/α,β-unsaturated/α-hetero) is 1. The number of ketones is 1. The number of aromatic nitrogens is 1. The van der Waals surface area contributed by atoms with Crippen molar-refractivity contribution in [2.45, 2.75) is 31.6 Å². The summed E-state index contributed by atoms with van der Waals surface area (Å²) in [7, 11) is 0. The first kappa shape index (κ1) is 11.1. The fourth-order valence-electron chi connectivity index (χ4n) is 2.43. The minimum atomic E-state index is 0.119. The third kappa shape index (κ3) is 2.19. The van der Waals surface area contributed by atoms with Crippen LogP contribution < -0.4 is 0 Å². The van der Waals surface area contributed by atoms with Gasteiger partial charge in [-0.25, -0.2) is 4.98 Å². The van der Waals surface area contributed by atoms with E-state index < -0.39 is 0 Å². The van der Waals surface area contributed by atoms with Crippen molar-refractivity contribution in [3.8, 4) is 0 Å². The molecule has 88 valence electrons. The van der Waals surface area contributed by atoms with E-state index in [1.807, 2.05) is 5.38 Å². The highest BCUT2D eigenvalue weighted by Crippen LogP contribution is 2.36. The molecule has 0 N–H and O–H groups in total. The van der Waals surface area contributed by atoms with Crippen molar-refractivity contribution in [2.75, 3.05) is 0 Å². The first-order valence-electron chi connectivity index (χ1n) is 5.82. The molecule has 2 nitrogen and oxygen atoms in total. The van der Waals surface area contributed by atoms with Gasteiger partial charge in [0, 0.05) is 22.4 Å². The Kier molecular flexibility index (Phi) is 3.07. The van der Waals surface area contributed by atoms with Gasteiger partial charge in [-0.2, -0.15) is 0 Å². The number of hydrogen-bond donors (Lipinski definition) is 0. The molecule has 1 aliphatic carbocycles. The molecule has 4 heteroatoms. The van der Waals surface area contributed by atoms with Crippen LogP contribution in [0, 0.1) is 0 Å². The van der Waals surface area contributed by atoms with Gasteiger partial charge in [0.15, 0.2) is 0 Å². The summed E-state index contributed by atoms with van der Waals surface area (Å²) >= 11 is 3.36.